The van der Waals surface area contributed by atoms with Crippen molar-refractivity contribution in [1.29, 1.82) is 0 Å². The van der Waals surface area contributed by atoms with Crippen molar-refractivity contribution in [2.24, 2.45) is 0 Å². The van der Waals surface area contributed by atoms with E-state index in [0.717, 1.165) is 42.9 Å². The summed E-state index contributed by atoms with van der Waals surface area (Å²) in [4.78, 5) is 17.4. The third kappa shape index (κ3) is 3.76. The van der Waals surface area contributed by atoms with Crippen LogP contribution >= 0.6 is 0 Å². The van der Waals surface area contributed by atoms with Gasteiger partial charge in [0, 0.05) is 12.2 Å². The largest absolute Gasteiger partial charge is 0.336 e. The molecule has 0 saturated carbocycles. The number of likely N-dealkylation sites (tertiary alicyclic amines) is 1. The van der Waals surface area contributed by atoms with Crippen molar-refractivity contribution in [2.75, 3.05) is 20.6 Å². The van der Waals surface area contributed by atoms with Crippen LogP contribution in [0.3, 0.4) is 0 Å². The number of amides is 1. The third-order valence-corrected chi connectivity index (χ3v) is 5.01. The first kappa shape index (κ1) is 17.7. The Hall–Kier alpha value is -2.14. The van der Waals surface area contributed by atoms with Crippen molar-refractivity contribution in [3.8, 4) is 0 Å². The highest BCUT2D eigenvalue weighted by molar-refractivity contribution is 5.83. The lowest BCUT2D eigenvalue weighted by molar-refractivity contribution is -0.137. The molecule has 1 aliphatic heterocycles. The van der Waals surface area contributed by atoms with E-state index in [1.54, 1.807) is 0 Å². The smallest absolute Gasteiger partial charge is 0.244 e. The number of carbonyl (C=O) groups is 1. The summed E-state index contributed by atoms with van der Waals surface area (Å²) >= 11 is 0. The molecule has 2 unspecified atom stereocenters. The average molecular weight is 340 g/mol. The summed E-state index contributed by atoms with van der Waals surface area (Å²) in [5.74, 6) is 0.195. The van der Waals surface area contributed by atoms with Crippen molar-refractivity contribution in [3.63, 3.8) is 0 Å². The molecule has 25 heavy (non-hydrogen) atoms. The Morgan fingerprint density at radius 1 is 1.28 bits per heavy atom. The van der Waals surface area contributed by atoms with Gasteiger partial charge in [-0.05, 0) is 52.4 Å². The third-order valence-electron chi connectivity index (χ3n) is 5.01. The predicted octanol–water partition coefficient (Wildman–Crippen LogP) is 2.79. The van der Waals surface area contributed by atoms with Crippen molar-refractivity contribution >= 4 is 5.91 Å². The summed E-state index contributed by atoms with van der Waals surface area (Å²) in [6.45, 7) is 5.70. The van der Waals surface area contributed by atoms with Gasteiger partial charge in [0.25, 0.3) is 0 Å². The summed E-state index contributed by atoms with van der Waals surface area (Å²) in [6.07, 6.45) is 2.10. The molecular weight excluding hydrogens is 312 g/mol. The quantitative estimate of drug-likeness (QED) is 0.840. The molecule has 0 bridgehead atoms. The molecule has 134 valence electrons. The molecule has 0 N–H and O–H groups in total. The highest BCUT2D eigenvalue weighted by Gasteiger charge is 2.35. The topological polar surface area (TPSA) is 41.4 Å². The molecule has 1 aliphatic rings. The minimum absolute atomic E-state index is 0.195. The van der Waals surface area contributed by atoms with Crippen LogP contribution in [-0.4, -0.2) is 52.2 Å². The number of carbonyl (C=O) groups excluding carboxylic acids is 1. The number of aromatic nitrogens is 2. The molecule has 5 nitrogen and oxygen atoms in total. The van der Waals surface area contributed by atoms with Crippen LogP contribution in [0.5, 0.6) is 0 Å². The average Bonchev–Trinajstić information content (AvgIpc) is 3.15. The van der Waals surface area contributed by atoms with Crippen molar-refractivity contribution < 1.29 is 4.79 Å². The van der Waals surface area contributed by atoms with Gasteiger partial charge in [-0.2, -0.15) is 5.10 Å². The lowest BCUT2D eigenvalue weighted by Crippen LogP contribution is -2.44. The van der Waals surface area contributed by atoms with Crippen molar-refractivity contribution in [1.82, 2.24) is 19.6 Å². The first-order chi connectivity index (χ1) is 12.0. The van der Waals surface area contributed by atoms with E-state index < -0.39 is 0 Å². The molecule has 0 aliphatic carbocycles. The van der Waals surface area contributed by atoms with E-state index in [4.69, 9.17) is 0 Å². The molecule has 1 fully saturated rings. The fourth-order valence-electron chi connectivity index (χ4n) is 3.83. The van der Waals surface area contributed by atoms with Crippen LogP contribution < -0.4 is 0 Å². The molecule has 0 spiro atoms. The molecule has 0 radical (unpaired) electrons. The van der Waals surface area contributed by atoms with E-state index >= 15 is 0 Å². The number of rotatable bonds is 5. The lowest BCUT2D eigenvalue weighted by Gasteiger charge is -2.32. The number of hydrogen-bond donors (Lipinski definition) is 0. The van der Waals surface area contributed by atoms with E-state index in [2.05, 4.69) is 23.0 Å². The Balaban J connectivity index is 1.80. The van der Waals surface area contributed by atoms with Crippen LogP contribution in [0.25, 0.3) is 0 Å². The first-order valence-electron chi connectivity index (χ1n) is 9.00. The Labute approximate surface area is 150 Å². The molecular formula is C20H28N4O. The van der Waals surface area contributed by atoms with Crippen LogP contribution in [-0.2, 0) is 11.3 Å². The predicted molar refractivity (Wildman–Crippen MR) is 99.3 cm³/mol. The number of aryl methyl sites for hydroxylation is 2. The van der Waals surface area contributed by atoms with Gasteiger partial charge < -0.3 is 4.90 Å². The maximum atomic E-state index is 13.3. The zero-order valence-electron chi connectivity index (χ0n) is 15.6. The molecule has 2 heterocycles. The first-order valence-corrected chi connectivity index (χ1v) is 9.00. The van der Waals surface area contributed by atoms with Crippen LogP contribution in [0.1, 0.15) is 35.8 Å². The van der Waals surface area contributed by atoms with Gasteiger partial charge in [0.15, 0.2) is 0 Å². The molecule has 1 saturated heterocycles. The van der Waals surface area contributed by atoms with E-state index in [9.17, 15) is 4.79 Å². The van der Waals surface area contributed by atoms with Crippen LogP contribution in [0.4, 0.5) is 0 Å². The summed E-state index contributed by atoms with van der Waals surface area (Å²) < 4.78 is 2.04. The van der Waals surface area contributed by atoms with Gasteiger partial charge >= 0.3 is 0 Å². The van der Waals surface area contributed by atoms with Crippen LogP contribution in [0.15, 0.2) is 36.4 Å². The fraction of sp³-hybridized carbons (Fsp3) is 0.500. The monoisotopic (exact) mass is 340 g/mol. The number of likely N-dealkylation sites (N-methyl/N-ethyl adjacent to an activating group) is 1. The van der Waals surface area contributed by atoms with Gasteiger partial charge in [0.05, 0.1) is 18.3 Å². The molecule has 1 aromatic carbocycles. The molecule has 3 rings (SSSR count). The van der Waals surface area contributed by atoms with Gasteiger partial charge in [-0.25, -0.2) is 0 Å². The van der Waals surface area contributed by atoms with Gasteiger partial charge in [-0.15, -0.1) is 0 Å². The van der Waals surface area contributed by atoms with Gasteiger partial charge in [-0.1, -0.05) is 30.3 Å². The highest BCUT2D eigenvalue weighted by atomic mass is 16.2. The van der Waals surface area contributed by atoms with E-state index in [-0.39, 0.29) is 18.0 Å². The molecule has 1 aromatic heterocycles. The minimum atomic E-state index is -0.234. The maximum absolute atomic E-state index is 13.3. The Morgan fingerprint density at radius 2 is 2.00 bits per heavy atom. The summed E-state index contributed by atoms with van der Waals surface area (Å²) in [7, 11) is 3.95. The summed E-state index contributed by atoms with van der Waals surface area (Å²) in [6, 6.07) is 12.1. The molecule has 1 amide bonds. The number of hydrogen-bond acceptors (Lipinski definition) is 3. The van der Waals surface area contributed by atoms with Gasteiger partial charge in [0.1, 0.15) is 6.04 Å². The zero-order valence-corrected chi connectivity index (χ0v) is 15.6. The maximum Gasteiger partial charge on any atom is 0.244 e. The van der Waals surface area contributed by atoms with Crippen LogP contribution in [0, 0.1) is 13.8 Å². The van der Waals surface area contributed by atoms with Crippen molar-refractivity contribution in [3.05, 3.63) is 53.3 Å². The van der Waals surface area contributed by atoms with E-state index in [1.807, 2.05) is 60.9 Å². The molecule has 2 aromatic rings. The van der Waals surface area contributed by atoms with Gasteiger partial charge in [0.2, 0.25) is 5.91 Å². The Morgan fingerprint density at radius 3 is 2.60 bits per heavy atom. The second-order valence-electron chi connectivity index (χ2n) is 7.21. The zero-order chi connectivity index (χ0) is 18.0. The highest BCUT2D eigenvalue weighted by Crippen LogP contribution is 2.27. The Bertz CT molecular complexity index is 723. The summed E-state index contributed by atoms with van der Waals surface area (Å²) in [5, 5.41) is 4.57. The second-order valence-corrected chi connectivity index (χ2v) is 7.21. The number of benzene rings is 1. The molecule has 5 heteroatoms. The SMILES string of the molecule is Cc1cc(C)n(CC2CCCN2C(=O)C(c2ccccc2)N(C)C)n1. The van der Waals surface area contributed by atoms with E-state index in [0.29, 0.717) is 0 Å². The van der Waals surface area contributed by atoms with Gasteiger partial charge in [-0.3, -0.25) is 14.4 Å². The Kier molecular flexibility index (Phi) is 5.23. The van der Waals surface area contributed by atoms with Crippen LogP contribution in [0.2, 0.25) is 0 Å². The van der Waals surface area contributed by atoms with Crippen molar-refractivity contribution in [2.45, 2.75) is 45.3 Å². The fourth-order valence-corrected chi connectivity index (χ4v) is 3.83. The molecule has 2 atom stereocenters. The number of nitrogens with zero attached hydrogens (tertiary/aromatic N) is 4. The lowest BCUT2D eigenvalue weighted by atomic mass is 10.0. The van der Waals surface area contributed by atoms with E-state index in [1.165, 1.54) is 0 Å². The summed E-state index contributed by atoms with van der Waals surface area (Å²) in [5.41, 5.74) is 3.24. The second kappa shape index (κ2) is 7.40. The normalized spacial score (nSPS) is 18.8. The minimum Gasteiger partial charge on any atom is -0.336 e. The standard InChI is InChI=1S/C20H28N4O/c1-15-13-16(2)24(21-15)14-18-11-8-12-23(18)20(25)19(22(3)4)17-9-6-5-7-10-17/h5-7,9-10,13,18-19H,8,11-12,14H2,1-4H3.